The summed E-state index contributed by atoms with van der Waals surface area (Å²) in [4.78, 5) is 17.3. The van der Waals surface area contributed by atoms with Gasteiger partial charge in [0.25, 0.3) is 0 Å². The van der Waals surface area contributed by atoms with E-state index >= 15 is 0 Å². The van der Waals surface area contributed by atoms with Crippen LogP contribution in [0.1, 0.15) is 25.3 Å². The second-order valence-electron chi connectivity index (χ2n) is 7.57. The molecule has 0 radical (unpaired) electrons. The molecule has 150 valence electrons. The Morgan fingerprint density at radius 2 is 1.71 bits per heavy atom. The van der Waals surface area contributed by atoms with Gasteiger partial charge in [0.15, 0.2) is 0 Å². The molecule has 0 aliphatic rings. The van der Waals surface area contributed by atoms with Crippen LogP contribution in [-0.4, -0.2) is 26.9 Å². The highest BCUT2D eigenvalue weighted by molar-refractivity contribution is 6.89. The number of carbonyl (C=O) groups excluding carboxylic acids is 1. The molecule has 0 aliphatic heterocycles. The molecule has 0 amide bonds. The molecule has 2 rings (SSSR count). The quantitative estimate of drug-likeness (QED) is 0.238. The Hall–Kier alpha value is -2.40. The van der Waals surface area contributed by atoms with Gasteiger partial charge < -0.3 is 9.57 Å². The zero-order valence-corrected chi connectivity index (χ0v) is 18.1. The van der Waals surface area contributed by atoms with Crippen LogP contribution in [0.15, 0.2) is 65.8 Å². The van der Waals surface area contributed by atoms with Crippen molar-refractivity contribution in [2.24, 2.45) is 11.1 Å². The van der Waals surface area contributed by atoms with E-state index in [1.165, 1.54) is 5.19 Å². The molecule has 5 heteroatoms. The van der Waals surface area contributed by atoms with Crippen LogP contribution in [0.3, 0.4) is 0 Å². The van der Waals surface area contributed by atoms with Gasteiger partial charge in [0.1, 0.15) is 6.61 Å². The summed E-state index contributed by atoms with van der Waals surface area (Å²) in [5.74, 6) is 0.0346. The van der Waals surface area contributed by atoms with Crippen LogP contribution < -0.4 is 5.19 Å². The fourth-order valence-corrected chi connectivity index (χ4v) is 6.19. The van der Waals surface area contributed by atoms with Gasteiger partial charge in [-0.15, -0.1) is 0 Å². The molecule has 2 aromatic rings. The SMILES string of the molecule is CCOC(=O)CCC(/C=N\OCc1ccccc1)C[Si](C)(C)c1ccccc1. The van der Waals surface area contributed by atoms with Gasteiger partial charge >= 0.3 is 5.97 Å². The van der Waals surface area contributed by atoms with E-state index in [0.29, 0.717) is 19.6 Å². The van der Waals surface area contributed by atoms with Crippen LogP contribution >= 0.6 is 0 Å². The van der Waals surface area contributed by atoms with Gasteiger partial charge in [0.2, 0.25) is 0 Å². The minimum atomic E-state index is -1.66. The Kier molecular flexibility index (Phi) is 8.95. The Labute approximate surface area is 169 Å². The number of benzene rings is 2. The average molecular weight is 398 g/mol. The largest absolute Gasteiger partial charge is 0.466 e. The van der Waals surface area contributed by atoms with Crippen molar-refractivity contribution < 1.29 is 14.4 Å². The number of hydrogen-bond acceptors (Lipinski definition) is 4. The molecule has 0 N–H and O–H groups in total. The fourth-order valence-electron chi connectivity index (χ4n) is 3.24. The van der Waals surface area contributed by atoms with Crippen LogP contribution in [0.25, 0.3) is 0 Å². The lowest BCUT2D eigenvalue weighted by Gasteiger charge is -2.26. The summed E-state index contributed by atoms with van der Waals surface area (Å²) in [5, 5.41) is 5.63. The highest BCUT2D eigenvalue weighted by Crippen LogP contribution is 2.21. The molecular weight excluding hydrogens is 366 g/mol. The van der Waals surface area contributed by atoms with Gasteiger partial charge in [-0.25, -0.2) is 0 Å². The van der Waals surface area contributed by atoms with Crippen LogP contribution in [0.2, 0.25) is 19.1 Å². The standard InChI is InChI=1S/C23H31NO3Si/c1-4-26-23(25)16-15-21(17-24-27-18-20-11-7-5-8-12-20)19-28(2,3)22-13-9-6-10-14-22/h5-14,17,21H,4,15-16,18-19H2,1-3H3/b24-17-. The number of ether oxygens (including phenoxy) is 1. The molecule has 28 heavy (non-hydrogen) atoms. The fraction of sp³-hybridized carbons (Fsp3) is 0.391. The van der Waals surface area contributed by atoms with Crippen molar-refractivity contribution in [3.63, 3.8) is 0 Å². The lowest BCUT2D eigenvalue weighted by atomic mass is 10.1. The predicted octanol–water partition coefficient (Wildman–Crippen LogP) is 4.76. The van der Waals surface area contributed by atoms with Crippen LogP contribution in [-0.2, 0) is 21.0 Å². The molecule has 4 nitrogen and oxygen atoms in total. The highest BCUT2D eigenvalue weighted by atomic mass is 28.3. The summed E-state index contributed by atoms with van der Waals surface area (Å²) >= 11 is 0. The molecule has 2 aromatic carbocycles. The van der Waals surface area contributed by atoms with E-state index in [-0.39, 0.29) is 11.9 Å². The number of carbonyl (C=O) groups is 1. The predicted molar refractivity (Wildman–Crippen MR) is 117 cm³/mol. The van der Waals surface area contributed by atoms with Gasteiger partial charge in [0.05, 0.1) is 14.7 Å². The van der Waals surface area contributed by atoms with Crippen LogP contribution in [0.4, 0.5) is 0 Å². The molecule has 0 heterocycles. The number of oxime groups is 1. The molecular formula is C23H31NO3Si. The topological polar surface area (TPSA) is 47.9 Å². The van der Waals surface area contributed by atoms with Gasteiger partial charge in [-0.2, -0.15) is 0 Å². The molecule has 0 aliphatic carbocycles. The van der Waals surface area contributed by atoms with Crippen molar-refractivity contribution >= 4 is 25.4 Å². The Morgan fingerprint density at radius 3 is 2.36 bits per heavy atom. The summed E-state index contributed by atoms with van der Waals surface area (Å²) in [6.07, 6.45) is 3.00. The zero-order valence-electron chi connectivity index (χ0n) is 17.1. The summed E-state index contributed by atoms with van der Waals surface area (Å²) in [5.41, 5.74) is 1.08. The maximum Gasteiger partial charge on any atom is 0.305 e. The number of rotatable bonds is 11. The van der Waals surface area contributed by atoms with E-state index in [4.69, 9.17) is 9.57 Å². The first kappa shape index (κ1) is 21.9. The molecule has 0 fully saturated rings. The minimum absolute atomic E-state index is 0.148. The Balaban J connectivity index is 1.99. The Morgan fingerprint density at radius 1 is 1.07 bits per heavy atom. The summed E-state index contributed by atoms with van der Waals surface area (Å²) in [6.45, 7) is 7.42. The van der Waals surface area contributed by atoms with E-state index in [1.807, 2.05) is 49.5 Å². The molecule has 0 bridgehead atoms. The maximum atomic E-state index is 11.8. The van der Waals surface area contributed by atoms with E-state index in [0.717, 1.165) is 18.0 Å². The van der Waals surface area contributed by atoms with E-state index in [1.54, 1.807) is 0 Å². The lowest BCUT2D eigenvalue weighted by molar-refractivity contribution is -0.143. The molecule has 1 unspecified atom stereocenters. The maximum absolute atomic E-state index is 11.8. The van der Waals surface area contributed by atoms with Crippen molar-refractivity contribution in [1.29, 1.82) is 0 Å². The lowest BCUT2D eigenvalue weighted by Crippen LogP contribution is -2.43. The second kappa shape index (κ2) is 11.4. The first-order valence-corrected chi connectivity index (χ1v) is 13.1. The minimum Gasteiger partial charge on any atom is -0.466 e. The summed E-state index contributed by atoms with van der Waals surface area (Å²) < 4.78 is 5.09. The van der Waals surface area contributed by atoms with Crippen LogP contribution in [0, 0.1) is 5.92 Å². The van der Waals surface area contributed by atoms with Gasteiger partial charge in [-0.05, 0) is 30.9 Å². The normalized spacial score (nSPS) is 12.7. The molecule has 1 atom stereocenters. The zero-order chi connectivity index (χ0) is 20.2. The van der Waals surface area contributed by atoms with Crippen molar-refractivity contribution in [3.8, 4) is 0 Å². The van der Waals surface area contributed by atoms with E-state index in [2.05, 4.69) is 42.5 Å². The van der Waals surface area contributed by atoms with Gasteiger partial charge in [-0.1, -0.05) is 84.1 Å². The van der Waals surface area contributed by atoms with Gasteiger partial charge in [-0.3, -0.25) is 4.79 Å². The second-order valence-corrected chi connectivity index (χ2v) is 12.3. The van der Waals surface area contributed by atoms with E-state index in [9.17, 15) is 4.79 Å². The molecule has 0 saturated heterocycles. The van der Waals surface area contributed by atoms with Crippen molar-refractivity contribution in [2.45, 2.75) is 45.5 Å². The third-order valence-corrected chi connectivity index (χ3v) is 8.21. The Bertz CT molecular complexity index is 732. The van der Waals surface area contributed by atoms with Gasteiger partial charge in [0, 0.05) is 12.6 Å². The summed E-state index contributed by atoms with van der Waals surface area (Å²) in [6, 6.07) is 21.6. The highest BCUT2D eigenvalue weighted by Gasteiger charge is 2.27. The van der Waals surface area contributed by atoms with Crippen molar-refractivity contribution in [1.82, 2.24) is 0 Å². The third kappa shape index (κ3) is 7.68. The van der Waals surface area contributed by atoms with Crippen molar-refractivity contribution in [3.05, 3.63) is 66.2 Å². The third-order valence-electron chi connectivity index (χ3n) is 4.77. The first-order valence-electron chi connectivity index (χ1n) is 9.92. The first-order chi connectivity index (χ1) is 13.5. The van der Waals surface area contributed by atoms with E-state index < -0.39 is 8.07 Å². The number of nitrogens with zero attached hydrogens (tertiary/aromatic N) is 1. The number of hydrogen-bond donors (Lipinski definition) is 0. The summed E-state index contributed by atoms with van der Waals surface area (Å²) in [7, 11) is -1.66. The average Bonchev–Trinajstić information content (AvgIpc) is 2.71. The van der Waals surface area contributed by atoms with Crippen LogP contribution in [0.5, 0.6) is 0 Å². The molecule has 0 saturated carbocycles. The molecule has 0 aromatic heterocycles. The molecule has 0 spiro atoms. The van der Waals surface area contributed by atoms with Crippen molar-refractivity contribution in [2.75, 3.05) is 6.61 Å². The monoisotopic (exact) mass is 397 g/mol. The smallest absolute Gasteiger partial charge is 0.305 e. The number of esters is 1.